The van der Waals surface area contributed by atoms with Crippen molar-refractivity contribution < 1.29 is 0 Å². The highest BCUT2D eigenvalue weighted by Gasteiger charge is 2.20. The largest absolute Gasteiger partial charge is 0.313 e. The minimum Gasteiger partial charge on any atom is -0.313 e. The summed E-state index contributed by atoms with van der Waals surface area (Å²) in [6.07, 6.45) is 14.5. The van der Waals surface area contributed by atoms with E-state index in [0.29, 0.717) is 4.83 Å². The van der Waals surface area contributed by atoms with E-state index in [1.54, 1.807) is 0 Å². The number of hydrogen-bond acceptors (Lipinski definition) is 0. The first-order valence-corrected chi connectivity index (χ1v) is 8.07. The molecular formula is C18H16BrN. The molecule has 100 valence electrons. The number of allylic oxidation sites excluding steroid dienone is 5. The average Bonchev–Trinajstić information content (AvgIpc) is 2.82. The van der Waals surface area contributed by atoms with Crippen LogP contribution in [0.3, 0.4) is 0 Å². The van der Waals surface area contributed by atoms with Crippen LogP contribution < -0.4 is 0 Å². The van der Waals surface area contributed by atoms with Gasteiger partial charge in [0.15, 0.2) is 0 Å². The van der Waals surface area contributed by atoms with Crippen molar-refractivity contribution in [1.82, 2.24) is 4.57 Å². The fourth-order valence-electron chi connectivity index (χ4n) is 3.29. The Morgan fingerprint density at radius 2 is 2.10 bits per heavy atom. The predicted molar refractivity (Wildman–Crippen MR) is 90.0 cm³/mol. The molecule has 0 spiro atoms. The van der Waals surface area contributed by atoms with Crippen molar-refractivity contribution in [1.29, 1.82) is 0 Å². The third kappa shape index (κ3) is 1.82. The molecule has 2 heteroatoms. The maximum atomic E-state index is 3.72. The highest BCUT2D eigenvalue weighted by atomic mass is 79.9. The van der Waals surface area contributed by atoms with Crippen molar-refractivity contribution in [2.75, 3.05) is 0 Å². The molecule has 1 aromatic carbocycles. The van der Waals surface area contributed by atoms with Gasteiger partial charge in [-0.1, -0.05) is 52.4 Å². The summed E-state index contributed by atoms with van der Waals surface area (Å²) in [4.78, 5) is 0.437. The van der Waals surface area contributed by atoms with Gasteiger partial charge in [-0.15, -0.1) is 0 Å². The quantitative estimate of drug-likeness (QED) is 0.638. The van der Waals surface area contributed by atoms with Gasteiger partial charge >= 0.3 is 0 Å². The molecule has 20 heavy (non-hydrogen) atoms. The Morgan fingerprint density at radius 3 is 3.00 bits per heavy atom. The monoisotopic (exact) mass is 325 g/mol. The molecule has 0 saturated carbocycles. The summed E-state index contributed by atoms with van der Waals surface area (Å²) in [6, 6.07) is 8.78. The van der Waals surface area contributed by atoms with Crippen LogP contribution in [0.2, 0.25) is 0 Å². The van der Waals surface area contributed by atoms with E-state index >= 15 is 0 Å². The highest BCUT2D eigenvalue weighted by Crippen LogP contribution is 2.36. The molecule has 0 radical (unpaired) electrons. The molecule has 2 aliphatic carbocycles. The van der Waals surface area contributed by atoms with Gasteiger partial charge in [-0.2, -0.15) is 0 Å². The predicted octanol–water partition coefficient (Wildman–Crippen LogP) is 5.17. The van der Waals surface area contributed by atoms with Gasteiger partial charge in [-0.3, -0.25) is 0 Å². The molecule has 0 bridgehead atoms. The zero-order valence-electron chi connectivity index (χ0n) is 11.2. The summed E-state index contributed by atoms with van der Waals surface area (Å²) in [5.74, 6) is 0. The molecule has 0 fully saturated rings. The van der Waals surface area contributed by atoms with E-state index in [1.165, 1.54) is 27.9 Å². The molecule has 1 atom stereocenters. The van der Waals surface area contributed by atoms with Gasteiger partial charge in [-0.25, -0.2) is 0 Å². The van der Waals surface area contributed by atoms with Crippen LogP contribution in [0.1, 0.15) is 24.1 Å². The number of para-hydroxylation sites is 1. The van der Waals surface area contributed by atoms with Crippen molar-refractivity contribution in [2.45, 2.75) is 24.1 Å². The highest BCUT2D eigenvalue weighted by molar-refractivity contribution is 9.09. The number of rotatable bonds is 1. The van der Waals surface area contributed by atoms with Crippen LogP contribution in [0.4, 0.5) is 0 Å². The van der Waals surface area contributed by atoms with Crippen LogP contribution in [0, 0.1) is 0 Å². The van der Waals surface area contributed by atoms with E-state index in [0.717, 1.165) is 19.3 Å². The lowest BCUT2D eigenvalue weighted by Crippen LogP contribution is -2.08. The number of alkyl halides is 1. The van der Waals surface area contributed by atoms with E-state index in [-0.39, 0.29) is 0 Å². The first-order chi connectivity index (χ1) is 9.84. The SMILES string of the molecule is BrC1C=CC=C(n2c3c(c4ccccc42)CCC=C3)C1. The first kappa shape index (κ1) is 12.2. The Labute approximate surface area is 127 Å². The topological polar surface area (TPSA) is 4.93 Å². The molecule has 0 aliphatic heterocycles. The van der Waals surface area contributed by atoms with E-state index in [1.807, 2.05) is 0 Å². The number of aromatic nitrogens is 1. The second-order valence-corrected chi connectivity index (χ2v) is 6.60. The van der Waals surface area contributed by atoms with Crippen molar-refractivity contribution in [3.63, 3.8) is 0 Å². The zero-order valence-corrected chi connectivity index (χ0v) is 12.8. The third-order valence-corrected chi connectivity index (χ3v) is 4.79. The molecule has 0 N–H and O–H groups in total. The molecule has 1 aromatic heterocycles. The number of aryl methyl sites for hydroxylation is 1. The Hall–Kier alpha value is -1.54. The minimum atomic E-state index is 0.437. The molecule has 2 aromatic rings. The molecule has 1 unspecified atom stereocenters. The van der Waals surface area contributed by atoms with E-state index < -0.39 is 0 Å². The smallest absolute Gasteiger partial charge is 0.0534 e. The van der Waals surface area contributed by atoms with Crippen LogP contribution in [0.25, 0.3) is 22.7 Å². The maximum absolute atomic E-state index is 3.72. The zero-order chi connectivity index (χ0) is 13.5. The lowest BCUT2D eigenvalue weighted by atomic mass is 10.0. The fourth-order valence-corrected chi connectivity index (χ4v) is 3.79. The number of hydrogen-bond donors (Lipinski definition) is 0. The van der Waals surface area contributed by atoms with Gasteiger partial charge in [-0.05, 0) is 36.6 Å². The summed E-state index contributed by atoms with van der Waals surface area (Å²) in [5.41, 5.74) is 5.59. The number of nitrogens with zero attached hydrogens (tertiary/aromatic N) is 1. The summed E-state index contributed by atoms with van der Waals surface area (Å²) >= 11 is 3.72. The fraction of sp³-hybridized carbons (Fsp3) is 0.222. The van der Waals surface area contributed by atoms with Gasteiger partial charge < -0.3 is 4.57 Å². The summed E-state index contributed by atoms with van der Waals surface area (Å²) in [6.45, 7) is 0. The normalized spacial score (nSPS) is 21.1. The molecule has 2 aliphatic rings. The van der Waals surface area contributed by atoms with Gasteiger partial charge in [0.05, 0.1) is 5.52 Å². The van der Waals surface area contributed by atoms with Crippen LogP contribution in [-0.2, 0) is 6.42 Å². The van der Waals surface area contributed by atoms with Gasteiger partial charge in [0.2, 0.25) is 0 Å². The summed E-state index contributed by atoms with van der Waals surface area (Å²) < 4.78 is 2.44. The Bertz CT molecular complexity index is 761. The summed E-state index contributed by atoms with van der Waals surface area (Å²) in [7, 11) is 0. The van der Waals surface area contributed by atoms with Crippen molar-refractivity contribution >= 4 is 38.6 Å². The second-order valence-electron chi connectivity index (χ2n) is 5.42. The Kier molecular flexibility index (Phi) is 2.92. The number of fused-ring (bicyclic) bond motifs is 3. The Balaban J connectivity index is 2.02. The molecule has 0 saturated heterocycles. The molecule has 0 amide bonds. The van der Waals surface area contributed by atoms with Crippen LogP contribution in [0.15, 0.2) is 48.6 Å². The number of halogens is 1. The molecule has 1 heterocycles. The standard InChI is InChI=1S/C18H16BrN/c19-13-6-5-7-14(12-13)20-17-10-3-1-8-15(17)16-9-2-4-11-18(16)20/h1,3-8,10-11,13H,2,9,12H2. The number of benzene rings is 1. The van der Waals surface area contributed by atoms with Gasteiger partial charge in [0.25, 0.3) is 0 Å². The van der Waals surface area contributed by atoms with Crippen LogP contribution >= 0.6 is 15.9 Å². The van der Waals surface area contributed by atoms with Crippen molar-refractivity contribution in [3.05, 3.63) is 59.8 Å². The maximum Gasteiger partial charge on any atom is 0.0534 e. The lowest BCUT2D eigenvalue weighted by Gasteiger charge is -2.19. The molecule has 4 rings (SSSR count). The average molecular weight is 326 g/mol. The van der Waals surface area contributed by atoms with Crippen LogP contribution in [-0.4, -0.2) is 9.39 Å². The minimum absolute atomic E-state index is 0.437. The van der Waals surface area contributed by atoms with E-state index in [4.69, 9.17) is 0 Å². The van der Waals surface area contributed by atoms with E-state index in [2.05, 4.69) is 75.1 Å². The van der Waals surface area contributed by atoms with Crippen molar-refractivity contribution in [3.8, 4) is 0 Å². The first-order valence-electron chi connectivity index (χ1n) is 7.15. The van der Waals surface area contributed by atoms with Gasteiger partial charge in [0, 0.05) is 28.0 Å². The Morgan fingerprint density at radius 1 is 1.20 bits per heavy atom. The third-order valence-electron chi connectivity index (χ3n) is 4.16. The second kappa shape index (κ2) is 4.78. The van der Waals surface area contributed by atoms with Crippen LogP contribution in [0.5, 0.6) is 0 Å². The van der Waals surface area contributed by atoms with E-state index in [9.17, 15) is 0 Å². The van der Waals surface area contributed by atoms with Gasteiger partial charge in [0.1, 0.15) is 0 Å². The lowest BCUT2D eigenvalue weighted by molar-refractivity contribution is 0.940. The van der Waals surface area contributed by atoms with Crippen molar-refractivity contribution in [2.24, 2.45) is 0 Å². The molecule has 1 nitrogen and oxygen atoms in total. The summed E-state index contributed by atoms with van der Waals surface area (Å²) in [5, 5.41) is 1.41. The molecular weight excluding hydrogens is 310 g/mol.